The van der Waals surface area contributed by atoms with Crippen LogP contribution >= 0.6 is 11.3 Å². The van der Waals surface area contributed by atoms with Gasteiger partial charge < -0.3 is 49.4 Å². The van der Waals surface area contributed by atoms with Gasteiger partial charge in [0.2, 0.25) is 0 Å². The molecule has 0 spiro atoms. The zero-order chi connectivity index (χ0) is 43.6. The molecule has 0 radical (unpaired) electrons. The number of carbonyl (C=O) groups excluding carboxylic acids is 3. The Hall–Kier alpha value is -3.49. The van der Waals surface area contributed by atoms with E-state index in [1.807, 2.05) is 32.0 Å². The number of nitrogens with zero attached hydrogens (tertiary/aromatic N) is 4. The topological polar surface area (TPSA) is 214 Å². The first-order valence-electron chi connectivity index (χ1n) is 20.1. The lowest BCUT2D eigenvalue weighted by atomic mass is 9.74. The number of aliphatic hydroxyl groups is 2. The minimum absolute atomic E-state index is 0.0181. The Kier molecular flexibility index (Phi) is 14.7. The van der Waals surface area contributed by atoms with E-state index in [9.17, 15) is 24.6 Å². The third kappa shape index (κ3) is 10.2. The predicted molar refractivity (Wildman–Crippen MR) is 216 cm³/mol. The van der Waals surface area contributed by atoms with Crippen molar-refractivity contribution in [2.75, 3.05) is 33.0 Å². The molecule has 3 saturated heterocycles. The largest absolute Gasteiger partial charge is 0.457 e. The van der Waals surface area contributed by atoms with Crippen LogP contribution in [-0.4, -0.2) is 135 Å². The number of Topliss-reactive ketones (excluding diaryl/α,β-unsaturated/α-hetero) is 2. The summed E-state index contributed by atoms with van der Waals surface area (Å²) in [6.45, 7) is 11.2. The van der Waals surface area contributed by atoms with E-state index in [2.05, 4.69) is 15.1 Å². The van der Waals surface area contributed by atoms with Gasteiger partial charge in [-0.3, -0.25) is 14.6 Å². The van der Waals surface area contributed by atoms with Crippen molar-refractivity contribution in [1.29, 1.82) is 0 Å². The Morgan fingerprint density at radius 3 is 2.42 bits per heavy atom. The summed E-state index contributed by atoms with van der Waals surface area (Å²) >= 11 is 1.39. The molecule has 2 bridgehead atoms. The van der Waals surface area contributed by atoms with Crippen molar-refractivity contribution in [3.63, 3.8) is 0 Å². The molecule has 3 aliphatic rings. The number of esters is 1. The fourth-order valence-corrected chi connectivity index (χ4v) is 9.15. The highest BCUT2D eigenvalue weighted by Gasteiger charge is 2.57. The van der Waals surface area contributed by atoms with E-state index >= 15 is 4.39 Å². The van der Waals surface area contributed by atoms with Crippen LogP contribution in [0.3, 0.4) is 0 Å². The van der Waals surface area contributed by atoms with Gasteiger partial charge in [0.1, 0.15) is 40.1 Å². The van der Waals surface area contributed by atoms with Crippen molar-refractivity contribution < 1.29 is 57.5 Å². The van der Waals surface area contributed by atoms with Crippen LogP contribution in [0.15, 0.2) is 28.9 Å². The lowest BCUT2D eigenvalue weighted by Crippen LogP contribution is -2.61. The molecule has 3 fully saturated rings. The number of rotatable bonds is 8. The van der Waals surface area contributed by atoms with Gasteiger partial charge in [0.25, 0.3) is 5.67 Å². The van der Waals surface area contributed by atoms with Gasteiger partial charge in [-0.05, 0) is 73.2 Å². The molecule has 18 heteroatoms. The summed E-state index contributed by atoms with van der Waals surface area (Å²) in [5, 5.41) is 30.5. The van der Waals surface area contributed by atoms with Crippen molar-refractivity contribution >= 4 is 40.4 Å². The van der Waals surface area contributed by atoms with E-state index in [0.717, 1.165) is 12.5 Å². The Labute approximate surface area is 348 Å². The highest BCUT2D eigenvalue weighted by atomic mass is 32.1. The number of nitrogens with two attached hydrogens (primary N) is 1. The summed E-state index contributed by atoms with van der Waals surface area (Å²) in [5.41, 5.74) is 0.384. The summed E-state index contributed by atoms with van der Waals surface area (Å²) in [6.07, 6.45) is -5.03. The van der Waals surface area contributed by atoms with Crippen molar-refractivity contribution in [1.82, 2.24) is 14.9 Å². The van der Waals surface area contributed by atoms with Crippen molar-refractivity contribution in [3.8, 4) is 10.6 Å². The maximum absolute atomic E-state index is 16.8. The number of anilines is 1. The molecular formula is C41H60FN5O11S. The number of alkyl halides is 1. The van der Waals surface area contributed by atoms with Crippen molar-refractivity contribution in [2.45, 2.75) is 141 Å². The van der Waals surface area contributed by atoms with Crippen molar-refractivity contribution in [2.24, 2.45) is 22.9 Å². The van der Waals surface area contributed by atoms with Gasteiger partial charge in [-0.15, -0.1) is 11.3 Å². The molecule has 59 heavy (non-hydrogen) atoms. The molecule has 2 aromatic rings. The van der Waals surface area contributed by atoms with E-state index in [4.69, 9.17) is 34.3 Å². The monoisotopic (exact) mass is 849 g/mol. The first kappa shape index (κ1) is 46.6. The lowest BCUT2D eigenvalue weighted by molar-refractivity contribution is -0.296. The van der Waals surface area contributed by atoms with E-state index in [1.165, 1.54) is 25.2 Å². The third-order valence-corrected chi connectivity index (χ3v) is 12.7. The number of carbonyl (C=O) groups is 3. The molecule has 0 aromatic carbocycles. The number of ketones is 2. The summed E-state index contributed by atoms with van der Waals surface area (Å²) in [5.74, 6) is -5.88. The molecule has 4 N–H and O–H groups in total. The molecule has 13 atom stereocenters. The van der Waals surface area contributed by atoms with Gasteiger partial charge in [0.15, 0.2) is 18.7 Å². The number of nitrogen functional groups attached to an aromatic ring is 1. The molecule has 328 valence electrons. The summed E-state index contributed by atoms with van der Waals surface area (Å²) in [4.78, 5) is 58.8. The number of pyridine rings is 1. The summed E-state index contributed by atoms with van der Waals surface area (Å²) in [7, 11) is 3.62. The molecule has 2 aromatic heterocycles. The van der Waals surface area contributed by atoms with Gasteiger partial charge in [0, 0.05) is 40.9 Å². The average molecular weight is 850 g/mol. The number of aliphatic hydroxyl groups excluding tert-OH is 1. The highest BCUT2D eigenvalue weighted by Crippen LogP contribution is 2.40. The van der Waals surface area contributed by atoms with Gasteiger partial charge in [-0.25, -0.2) is 14.2 Å². The second kappa shape index (κ2) is 18.6. The van der Waals surface area contributed by atoms with E-state index in [1.54, 1.807) is 45.3 Å². The second-order valence-electron chi connectivity index (χ2n) is 17.0. The van der Waals surface area contributed by atoms with Crippen LogP contribution in [0.25, 0.3) is 10.6 Å². The van der Waals surface area contributed by atoms with E-state index < -0.39 is 83.1 Å². The molecule has 5 rings (SSSR count). The number of fused-ring (bicyclic) bond motifs is 5. The quantitative estimate of drug-likeness (QED) is 0.195. The number of hydrogen-bond donors (Lipinski definition) is 3. The second-order valence-corrected chi connectivity index (χ2v) is 17.8. The SMILES string of the molecule is CC[C@H]1OC(=O)[C@@](C)(F)C(=O)[C@H](C)[C@@H](O[C@@H]2O[C@H](C)C[C@H](N(C)C)[C@H]2O)[C@@]2(C)CC(C)C(=O)[C@H](C)[C@H](OC/C(=N\OCc3ccc(-c4nc(N)cs4)cn3)CO2)[C@]1(C)O. The van der Waals surface area contributed by atoms with Crippen molar-refractivity contribution in [3.05, 3.63) is 29.4 Å². The maximum Gasteiger partial charge on any atom is 0.351 e. The number of halogens is 1. The number of aromatic nitrogens is 2. The number of thiazole rings is 1. The van der Waals surface area contributed by atoms with E-state index in [-0.39, 0.29) is 50.3 Å². The zero-order valence-electron chi connectivity index (χ0n) is 35.5. The number of ether oxygens (including phenoxy) is 5. The third-order valence-electron chi connectivity index (χ3n) is 11.8. The minimum Gasteiger partial charge on any atom is -0.457 e. The number of cyclic esters (lactones) is 1. The Balaban J connectivity index is 1.59. The highest BCUT2D eigenvalue weighted by molar-refractivity contribution is 7.13. The standard InChI is InChI=1S/C41H60FN5O11S/c1-11-29-41(8,52)35-23(4)31(48)21(2)15-39(6,54-18-27(17-53-35)46-55-19-26-13-12-25(16-44-26)36-45-30(43)20-59-36)34(24(5)33(50)40(7,42)38(51)57-29)58-37-32(49)28(47(9)10)14-22(3)56-37/h12-13,16,20-24,28-29,32,34-35,37,49,52H,11,14-15,17-19,43H2,1-10H3/b46-27+/t21?,22-,23+,24+,28+,29-,32-,34-,35+,37+,39-,40+,41-/m1/s1. The van der Waals surface area contributed by atoms with Gasteiger partial charge >= 0.3 is 5.97 Å². The van der Waals surface area contributed by atoms with Crippen LogP contribution in [0.2, 0.25) is 0 Å². The van der Waals surface area contributed by atoms with Crippen LogP contribution in [0.5, 0.6) is 0 Å². The molecule has 3 aliphatic heterocycles. The van der Waals surface area contributed by atoms with Crippen LogP contribution in [-0.2, 0) is 49.5 Å². The predicted octanol–water partition coefficient (Wildman–Crippen LogP) is 3.90. The fourth-order valence-electron chi connectivity index (χ4n) is 8.45. The van der Waals surface area contributed by atoms with Gasteiger partial charge in [-0.2, -0.15) is 0 Å². The molecule has 0 aliphatic carbocycles. The molecule has 0 amide bonds. The van der Waals surface area contributed by atoms with Gasteiger partial charge in [0.05, 0.1) is 42.8 Å². The van der Waals surface area contributed by atoms with Crippen LogP contribution < -0.4 is 5.73 Å². The summed E-state index contributed by atoms with van der Waals surface area (Å²) in [6, 6.07) is 3.18. The molecular weight excluding hydrogens is 790 g/mol. The first-order valence-corrected chi connectivity index (χ1v) is 20.9. The van der Waals surface area contributed by atoms with Crippen LogP contribution in [0, 0.1) is 17.8 Å². The Morgan fingerprint density at radius 1 is 1.10 bits per heavy atom. The number of likely N-dealkylation sites (N-methyl/N-ethyl adjacent to an activating group) is 1. The maximum atomic E-state index is 16.8. The van der Waals surface area contributed by atoms with Crippen LogP contribution in [0.1, 0.15) is 80.3 Å². The molecule has 16 nitrogen and oxygen atoms in total. The Bertz CT molecular complexity index is 1830. The average Bonchev–Trinajstić information content (AvgIpc) is 3.62. The van der Waals surface area contributed by atoms with Crippen LogP contribution in [0.4, 0.5) is 10.2 Å². The van der Waals surface area contributed by atoms with Gasteiger partial charge in [-0.1, -0.05) is 32.9 Å². The fraction of sp³-hybridized carbons (Fsp3) is 0.707. The first-order chi connectivity index (χ1) is 27.6. The number of hydrogen-bond acceptors (Lipinski definition) is 17. The Morgan fingerprint density at radius 2 is 1.81 bits per heavy atom. The minimum atomic E-state index is -3.22. The smallest absolute Gasteiger partial charge is 0.351 e. The molecule has 5 heterocycles. The van der Waals surface area contributed by atoms with E-state index in [0.29, 0.717) is 22.9 Å². The number of oxime groups is 1. The summed E-state index contributed by atoms with van der Waals surface area (Å²) < 4.78 is 48.1. The molecule has 0 saturated carbocycles. The zero-order valence-corrected chi connectivity index (χ0v) is 36.4. The normalized spacial score (nSPS) is 38.7. The lowest BCUT2D eigenvalue weighted by Gasteiger charge is -2.47. The molecule has 1 unspecified atom stereocenters.